The second kappa shape index (κ2) is 6.47. The van der Waals surface area contributed by atoms with E-state index in [0.717, 1.165) is 19.5 Å². The van der Waals surface area contributed by atoms with Gasteiger partial charge < -0.3 is 15.6 Å². The van der Waals surface area contributed by atoms with E-state index in [-0.39, 0.29) is 11.7 Å². The highest BCUT2D eigenvalue weighted by molar-refractivity contribution is 5.99. The van der Waals surface area contributed by atoms with Gasteiger partial charge in [0.15, 0.2) is 0 Å². The summed E-state index contributed by atoms with van der Waals surface area (Å²) in [7, 11) is 0. The lowest BCUT2D eigenvalue weighted by Crippen LogP contribution is -2.46. The molecule has 3 N–H and O–H groups in total. The highest BCUT2D eigenvalue weighted by atomic mass is 19.4. The number of hydrogen-bond donors (Lipinski definition) is 3. The number of amides is 1. The van der Waals surface area contributed by atoms with E-state index in [9.17, 15) is 18.0 Å². The molecule has 2 aromatic heterocycles. The number of para-hydroxylation sites is 1. The van der Waals surface area contributed by atoms with Crippen LogP contribution < -0.4 is 10.6 Å². The number of nitrogens with one attached hydrogen (secondary N) is 3. The Morgan fingerprint density at radius 2 is 1.90 bits per heavy atom. The number of alkyl halides is 3. The molecule has 0 fully saturated rings. The summed E-state index contributed by atoms with van der Waals surface area (Å²) >= 11 is 0. The van der Waals surface area contributed by atoms with E-state index < -0.39 is 11.7 Å². The lowest BCUT2D eigenvalue weighted by Gasteiger charge is -2.30. The van der Waals surface area contributed by atoms with Crippen molar-refractivity contribution >= 4 is 22.8 Å². The zero-order valence-electron chi connectivity index (χ0n) is 16.2. The number of H-pyrrole nitrogens is 1. The Morgan fingerprint density at radius 3 is 2.59 bits per heavy atom. The van der Waals surface area contributed by atoms with Crippen LogP contribution in [0.15, 0.2) is 24.3 Å². The summed E-state index contributed by atoms with van der Waals surface area (Å²) in [5.41, 5.74) is 1.97. The number of halogens is 3. The summed E-state index contributed by atoms with van der Waals surface area (Å²) in [6, 6.07) is 7.11. The van der Waals surface area contributed by atoms with Crippen LogP contribution in [0, 0.1) is 6.92 Å². The number of aromatic amines is 1. The third-order valence-corrected chi connectivity index (χ3v) is 5.10. The predicted molar refractivity (Wildman–Crippen MR) is 104 cm³/mol. The van der Waals surface area contributed by atoms with Crippen LogP contribution in [-0.2, 0) is 6.42 Å². The normalized spacial score (nSPS) is 14.6. The molecule has 152 valence electrons. The lowest BCUT2D eigenvalue weighted by molar-refractivity contribution is -0.168. The Morgan fingerprint density at radius 1 is 1.14 bits per heavy atom. The molecule has 3 heterocycles. The molecule has 4 rings (SSSR count). The maximum Gasteiger partial charge on any atom is 0.410 e. The van der Waals surface area contributed by atoms with E-state index >= 15 is 0 Å². The first-order chi connectivity index (χ1) is 13.6. The van der Waals surface area contributed by atoms with Crippen molar-refractivity contribution in [1.29, 1.82) is 0 Å². The fraction of sp³-hybridized carbons (Fsp3) is 0.350. The molecule has 0 aliphatic carbocycles. The van der Waals surface area contributed by atoms with Crippen molar-refractivity contribution in [2.24, 2.45) is 0 Å². The molecule has 1 aromatic carbocycles. The van der Waals surface area contributed by atoms with Crippen molar-refractivity contribution in [1.82, 2.24) is 20.3 Å². The van der Waals surface area contributed by atoms with Crippen molar-refractivity contribution in [2.45, 2.75) is 38.9 Å². The number of anilines is 1. The summed E-state index contributed by atoms with van der Waals surface area (Å²) < 4.78 is 40.0. The van der Waals surface area contributed by atoms with Crippen LogP contribution in [0.4, 0.5) is 19.0 Å². The molecule has 0 atom stereocenters. The first-order valence-electron chi connectivity index (χ1n) is 9.19. The van der Waals surface area contributed by atoms with Gasteiger partial charge in [0.1, 0.15) is 16.9 Å². The van der Waals surface area contributed by atoms with E-state index in [0.29, 0.717) is 46.5 Å². The zero-order chi connectivity index (χ0) is 21.0. The van der Waals surface area contributed by atoms with E-state index in [4.69, 9.17) is 0 Å². The molecule has 1 aliphatic heterocycles. The van der Waals surface area contributed by atoms with Gasteiger partial charge in [-0.3, -0.25) is 4.79 Å². The van der Waals surface area contributed by atoms with E-state index in [1.165, 1.54) is 0 Å². The highest BCUT2D eigenvalue weighted by Gasteiger charge is 2.47. The topological polar surface area (TPSA) is 82.7 Å². The average Bonchev–Trinajstić information content (AvgIpc) is 3.06. The second-order valence-electron chi connectivity index (χ2n) is 7.66. The number of carbonyl (C=O) groups is 1. The number of carbonyl (C=O) groups excluding carboxylic acids is 1. The first-order valence-corrected chi connectivity index (χ1v) is 9.19. The molecular formula is C20H20F3N5O. The minimum absolute atomic E-state index is 0.0707. The average molecular weight is 403 g/mol. The summed E-state index contributed by atoms with van der Waals surface area (Å²) in [5.74, 6) is -0.0773. The van der Waals surface area contributed by atoms with Crippen molar-refractivity contribution in [3.8, 4) is 11.3 Å². The Hall–Kier alpha value is -3.10. The molecule has 3 aromatic rings. The SMILES string of the molecule is Cc1nc2cccc(-c3cc4c([nH]3)CCNC4=O)c2nc1NC(C)(C)C(F)(F)F. The van der Waals surface area contributed by atoms with Crippen molar-refractivity contribution in [3.63, 3.8) is 0 Å². The quantitative estimate of drug-likeness (QED) is 0.618. The maximum absolute atomic E-state index is 13.3. The highest BCUT2D eigenvalue weighted by Crippen LogP contribution is 2.35. The van der Waals surface area contributed by atoms with Crippen molar-refractivity contribution in [2.75, 3.05) is 11.9 Å². The zero-order valence-corrected chi connectivity index (χ0v) is 16.2. The van der Waals surface area contributed by atoms with Crippen LogP contribution in [0.5, 0.6) is 0 Å². The summed E-state index contributed by atoms with van der Waals surface area (Å²) in [5, 5.41) is 5.27. The van der Waals surface area contributed by atoms with E-state index in [1.54, 1.807) is 31.2 Å². The summed E-state index contributed by atoms with van der Waals surface area (Å²) in [4.78, 5) is 24.2. The second-order valence-corrected chi connectivity index (χ2v) is 7.66. The van der Waals surface area contributed by atoms with Gasteiger partial charge in [0.2, 0.25) is 0 Å². The fourth-order valence-electron chi connectivity index (χ4n) is 3.31. The Kier molecular flexibility index (Phi) is 4.29. The fourth-order valence-corrected chi connectivity index (χ4v) is 3.31. The van der Waals surface area contributed by atoms with Crippen LogP contribution >= 0.6 is 0 Å². The lowest BCUT2D eigenvalue weighted by atomic mass is 10.0. The maximum atomic E-state index is 13.3. The van der Waals surface area contributed by atoms with Crippen LogP contribution in [0.2, 0.25) is 0 Å². The standard InChI is InChI=1S/C20H20F3N5O/c1-10-17(28-19(2,3)20(21,22)23)27-16-11(5-4-6-14(16)25-10)15-9-12-13(26-15)7-8-24-18(12)29/h4-6,9,26H,7-8H2,1-3H3,(H,24,29)(H,27,28). The molecular weight excluding hydrogens is 383 g/mol. The minimum Gasteiger partial charge on any atom is -0.358 e. The molecule has 1 aliphatic rings. The molecule has 0 unspecified atom stereocenters. The van der Waals surface area contributed by atoms with Crippen LogP contribution in [0.3, 0.4) is 0 Å². The van der Waals surface area contributed by atoms with Crippen LogP contribution in [0.25, 0.3) is 22.3 Å². The number of nitrogens with zero attached hydrogens (tertiary/aromatic N) is 2. The van der Waals surface area contributed by atoms with Gasteiger partial charge in [-0.05, 0) is 32.9 Å². The Labute approximate surface area is 164 Å². The van der Waals surface area contributed by atoms with Gasteiger partial charge in [-0.2, -0.15) is 13.2 Å². The summed E-state index contributed by atoms with van der Waals surface area (Å²) in [6.07, 6.45) is -3.77. The van der Waals surface area contributed by atoms with Gasteiger partial charge in [0.05, 0.1) is 16.8 Å². The molecule has 1 amide bonds. The van der Waals surface area contributed by atoms with Crippen LogP contribution in [0.1, 0.15) is 35.6 Å². The number of rotatable bonds is 3. The number of aryl methyl sites for hydroxylation is 1. The van der Waals surface area contributed by atoms with Gasteiger partial charge in [-0.15, -0.1) is 0 Å². The third kappa shape index (κ3) is 3.30. The van der Waals surface area contributed by atoms with Gasteiger partial charge in [-0.25, -0.2) is 9.97 Å². The minimum atomic E-state index is -4.46. The predicted octanol–water partition coefficient (Wildman–Crippen LogP) is 3.97. The van der Waals surface area contributed by atoms with Crippen molar-refractivity contribution in [3.05, 3.63) is 41.2 Å². The first kappa shape index (κ1) is 19.2. The smallest absolute Gasteiger partial charge is 0.358 e. The third-order valence-electron chi connectivity index (χ3n) is 5.10. The number of hydrogen-bond acceptors (Lipinski definition) is 4. The summed E-state index contributed by atoms with van der Waals surface area (Å²) in [6.45, 7) is 4.29. The molecule has 0 saturated heterocycles. The monoisotopic (exact) mass is 403 g/mol. The Bertz CT molecular complexity index is 1120. The van der Waals surface area contributed by atoms with Gasteiger partial charge >= 0.3 is 6.18 Å². The molecule has 0 radical (unpaired) electrons. The van der Waals surface area contributed by atoms with E-state index in [2.05, 4.69) is 25.6 Å². The number of benzene rings is 1. The van der Waals surface area contributed by atoms with E-state index in [1.807, 2.05) is 0 Å². The molecule has 0 saturated carbocycles. The van der Waals surface area contributed by atoms with Gasteiger partial charge in [0, 0.05) is 29.9 Å². The van der Waals surface area contributed by atoms with Gasteiger partial charge in [0.25, 0.3) is 5.91 Å². The number of fused-ring (bicyclic) bond motifs is 2. The number of aromatic nitrogens is 3. The molecule has 0 bridgehead atoms. The Balaban J connectivity index is 1.84. The van der Waals surface area contributed by atoms with Crippen LogP contribution in [-0.4, -0.2) is 39.1 Å². The van der Waals surface area contributed by atoms with Crippen molar-refractivity contribution < 1.29 is 18.0 Å². The molecule has 6 nitrogen and oxygen atoms in total. The largest absolute Gasteiger partial charge is 0.410 e. The molecule has 0 spiro atoms. The molecule has 9 heteroatoms. The van der Waals surface area contributed by atoms with Gasteiger partial charge in [-0.1, -0.05) is 12.1 Å². The molecule has 29 heavy (non-hydrogen) atoms.